The van der Waals surface area contributed by atoms with Gasteiger partial charge in [0.25, 0.3) is 11.5 Å². The van der Waals surface area contributed by atoms with Gasteiger partial charge in [-0.05, 0) is 30.7 Å². The third-order valence-electron chi connectivity index (χ3n) is 3.65. The lowest BCUT2D eigenvalue weighted by molar-refractivity contribution is -0.658. The van der Waals surface area contributed by atoms with Crippen LogP contribution >= 0.6 is 0 Å². The molecule has 0 saturated carbocycles. The molecule has 0 radical (unpaired) electrons. The average molecular weight is 264 g/mol. The van der Waals surface area contributed by atoms with Crippen molar-refractivity contribution in [3.8, 4) is 11.4 Å². The number of hydrogen-bond acceptors (Lipinski definition) is 2. The Bertz CT molecular complexity index is 933. The molecule has 0 fully saturated rings. The number of rotatable bonds is 1. The van der Waals surface area contributed by atoms with Gasteiger partial charge in [-0.25, -0.2) is 9.55 Å². The second-order valence-electron chi connectivity index (χ2n) is 4.98. The molecule has 4 rings (SSSR count). The van der Waals surface area contributed by atoms with Gasteiger partial charge in [-0.1, -0.05) is 18.2 Å². The van der Waals surface area contributed by atoms with E-state index in [1.54, 1.807) is 6.20 Å². The van der Waals surface area contributed by atoms with Crippen molar-refractivity contribution in [3.63, 3.8) is 0 Å². The van der Waals surface area contributed by atoms with Crippen molar-refractivity contribution in [1.82, 2.24) is 9.38 Å². The summed E-state index contributed by atoms with van der Waals surface area (Å²) in [5, 5.41) is 0. The van der Waals surface area contributed by atoms with Crippen LogP contribution < -0.4 is 4.57 Å². The smallest absolute Gasteiger partial charge is 0.337 e. The van der Waals surface area contributed by atoms with Gasteiger partial charge in [0, 0.05) is 6.20 Å². The normalized spacial score (nSPS) is 11.5. The van der Waals surface area contributed by atoms with Crippen LogP contribution in [0.3, 0.4) is 0 Å². The third kappa shape index (κ3) is 1.42. The molecule has 0 aliphatic heterocycles. The minimum atomic E-state index is 0.665. The Labute approximate surface area is 115 Å². The molecule has 0 saturated heterocycles. The minimum Gasteiger partial charge on any atom is -0.396 e. The van der Waals surface area contributed by atoms with Gasteiger partial charge in [-0.3, -0.25) is 0 Å². The number of aromatic nitrogens is 3. The summed E-state index contributed by atoms with van der Waals surface area (Å²) in [6.45, 7) is 2.12. The van der Waals surface area contributed by atoms with E-state index in [2.05, 4.69) is 45.1 Å². The number of fused-ring (bicyclic) bond motifs is 3. The minimum absolute atomic E-state index is 0.665. The Hall–Kier alpha value is -2.62. The molecular formula is C16H14N3O+. The molecule has 0 atom stereocenters. The molecule has 4 heteroatoms. The third-order valence-corrected chi connectivity index (χ3v) is 3.65. The van der Waals surface area contributed by atoms with Gasteiger partial charge < -0.3 is 4.42 Å². The number of benzene rings is 1. The first kappa shape index (κ1) is 11.2. The van der Waals surface area contributed by atoms with E-state index in [0.29, 0.717) is 5.71 Å². The van der Waals surface area contributed by atoms with Crippen LogP contribution in [0, 0.1) is 6.92 Å². The van der Waals surface area contributed by atoms with Gasteiger partial charge in [-0.2, -0.15) is 4.40 Å². The fourth-order valence-electron chi connectivity index (χ4n) is 2.72. The number of pyridine rings is 1. The molecule has 0 unspecified atom stereocenters. The molecule has 0 amide bonds. The lowest BCUT2D eigenvalue weighted by Crippen LogP contribution is -2.28. The van der Waals surface area contributed by atoms with Crippen LogP contribution in [0.4, 0.5) is 0 Å². The number of nitrogens with zero attached hydrogens (tertiary/aromatic N) is 3. The second-order valence-corrected chi connectivity index (χ2v) is 4.98. The zero-order chi connectivity index (χ0) is 13.7. The summed E-state index contributed by atoms with van der Waals surface area (Å²) in [7, 11) is 2.03. The van der Waals surface area contributed by atoms with Gasteiger partial charge in [-0.15, -0.1) is 0 Å². The van der Waals surface area contributed by atoms with E-state index in [1.165, 1.54) is 11.1 Å². The molecule has 3 aromatic heterocycles. The maximum atomic E-state index is 5.81. The zero-order valence-electron chi connectivity index (χ0n) is 11.4. The topological polar surface area (TPSA) is 34.3 Å². The molecule has 98 valence electrons. The van der Waals surface area contributed by atoms with Crippen LogP contribution in [0.25, 0.3) is 28.3 Å². The Morgan fingerprint density at radius 2 is 2.00 bits per heavy atom. The van der Waals surface area contributed by atoms with Crippen LogP contribution in [-0.4, -0.2) is 9.38 Å². The fraction of sp³-hybridized carbons (Fsp3) is 0.125. The van der Waals surface area contributed by atoms with E-state index < -0.39 is 0 Å². The number of aryl methyl sites for hydroxylation is 2. The summed E-state index contributed by atoms with van der Waals surface area (Å²) in [4.78, 5) is 4.28. The first-order valence-corrected chi connectivity index (χ1v) is 6.56. The van der Waals surface area contributed by atoms with Gasteiger partial charge in [0.15, 0.2) is 11.7 Å². The maximum Gasteiger partial charge on any atom is 0.337 e. The molecule has 1 aromatic carbocycles. The number of hydrogen-bond donors (Lipinski definition) is 0. The van der Waals surface area contributed by atoms with Crippen molar-refractivity contribution in [2.24, 2.45) is 7.05 Å². The first-order valence-electron chi connectivity index (χ1n) is 6.56. The highest BCUT2D eigenvalue weighted by Crippen LogP contribution is 2.26. The van der Waals surface area contributed by atoms with Crippen molar-refractivity contribution < 1.29 is 8.98 Å². The number of oxazole rings is 1. The molecule has 20 heavy (non-hydrogen) atoms. The molecule has 0 bridgehead atoms. The van der Waals surface area contributed by atoms with Crippen molar-refractivity contribution in [2.45, 2.75) is 6.92 Å². The first-order chi connectivity index (χ1) is 9.75. The highest BCUT2D eigenvalue weighted by molar-refractivity contribution is 5.76. The Balaban J connectivity index is 2.18. The van der Waals surface area contributed by atoms with Gasteiger partial charge in [0.2, 0.25) is 0 Å². The summed E-state index contributed by atoms with van der Waals surface area (Å²) in [5.41, 5.74) is 4.89. The summed E-state index contributed by atoms with van der Waals surface area (Å²) in [5.74, 6) is 1.10. The highest BCUT2D eigenvalue weighted by Gasteiger charge is 2.25. The predicted octanol–water partition coefficient (Wildman–Crippen LogP) is 2.88. The monoisotopic (exact) mass is 264 g/mol. The summed E-state index contributed by atoms with van der Waals surface area (Å²) < 4.78 is 10.0. The van der Waals surface area contributed by atoms with Crippen LogP contribution in [0.2, 0.25) is 0 Å². The molecule has 4 aromatic rings. The lowest BCUT2D eigenvalue weighted by atomic mass is 10.1. The van der Waals surface area contributed by atoms with E-state index in [4.69, 9.17) is 4.42 Å². The molecule has 0 N–H and O–H groups in total. The molecule has 0 aliphatic carbocycles. The van der Waals surface area contributed by atoms with Gasteiger partial charge in [0.05, 0.1) is 12.6 Å². The maximum absolute atomic E-state index is 5.81. The standard InChI is InChI=1S/C16H14N3O/c1-11-6-3-4-7-12(11)16-18(2)10-14-19(16)13-8-5-9-17-15(13)20-14/h3-10H,1-2H3/q+1. The highest BCUT2D eigenvalue weighted by atomic mass is 16.4. The van der Waals surface area contributed by atoms with E-state index >= 15 is 0 Å². The van der Waals surface area contributed by atoms with Crippen molar-refractivity contribution in [2.75, 3.05) is 0 Å². The zero-order valence-corrected chi connectivity index (χ0v) is 11.4. The van der Waals surface area contributed by atoms with E-state index in [9.17, 15) is 0 Å². The number of imidazole rings is 1. The van der Waals surface area contributed by atoms with Crippen molar-refractivity contribution in [3.05, 3.63) is 54.4 Å². The van der Waals surface area contributed by atoms with Crippen molar-refractivity contribution in [1.29, 1.82) is 0 Å². The molecule has 0 spiro atoms. The summed E-state index contributed by atoms with van der Waals surface area (Å²) in [6, 6.07) is 12.3. The van der Waals surface area contributed by atoms with E-state index in [-0.39, 0.29) is 0 Å². The largest absolute Gasteiger partial charge is 0.396 e. The average Bonchev–Trinajstić information content (AvgIpc) is 2.94. The molecule has 0 aliphatic rings. The van der Waals surface area contributed by atoms with Crippen LogP contribution in [-0.2, 0) is 7.05 Å². The van der Waals surface area contributed by atoms with Crippen LogP contribution in [0.1, 0.15) is 5.56 Å². The van der Waals surface area contributed by atoms with Crippen molar-refractivity contribution >= 4 is 16.9 Å². The molecular weight excluding hydrogens is 250 g/mol. The lowest BCUT2D eigenvalue weighted by Gasteiger charge is -2.01. The van der Waals surface area contributed by atoms with Gasteiger partial charge in [0.1, 0.15) is 0 Å². The molecule has 3 heterocycles. The second kappa shape index (κ2) is 3.93. The Morgan fingerprint density at radius 3 is 2.85 bits per heavy atom. The predicted molar refractivity (Wildman–Crippen MR) is 76.3 cm³/mol. The summed E-state index contributed by atoms with van der Waals surface area (Å²) >= 11 is 0. The van der Waals surface area contributed by atoms with Crippen LogP contribution in [0.15, 0.2) is 53.2 Å². The molecule has 4 nitrogen and oxygen atoms in total. The Kier molecular flexibility index (Phi) is 2.21. The van der Waals surface area contributed by atoms with E-state index in [0.717, 1.165) is 17.1 Å². The van der Waals surface area contributed by atoms with Gasteiger partial charge >= 0.3 is 5.71 Å². The van der Waals surface area contributed by atoms with Crippen LogP contribution in [0.5, 0.6) is 0 Å². The SMILES string of the molecule is Cc1ccccc1-c1n2c(c[n+]1C)oc1ncccc12. The summed E-state index contributed by atoms with van der Waals surface area (Å²) in [6.07, 6.45) is 3.74. The quantitative estimate of drug-likeness (QED) is 0.495. The van der Waals surface area contributed by atoms with E-state index in [1.807, 2.05) is 25.4 Å². The Morgan fingerprint density at radius 1 is 1.15 bits per heavy atom. The fourth-order valence-corrected chi connectivity index (χ4v) is 2.72.